The largest absolute Gasteiger partial charge is 0.494 e. The van der Waals surface area contributed by atoms with Crippen LogP contribution >= 0.6 is 0 Å². The standard InChI is InChI=1S/C16H22N2O3/c1-2-21-14-8-5-6-12(10-14)16(20)18-9-4-3-7-13(18)11-15(17)19/h5-6,8,10,13H,2-4,7,9,11H2,1H3,(H2,17,19)/t13-/m0/s1. The number of hydrogen-bond donors (Lipinski definition) is 1. The molecule has 1 saturated heterocycles. The minimum atomic E-state index is -0.359. The van der Waals surface area contributed by atoms with E-state index >= 15 is 0 Å². The third-order valence-corrected chi connectivity index (χ3v) is 3.72. The second kappa shape index (κ2) is 7.11. The van der Waals surface area contributed by atoms with Crippen LogP contribution in [0.5, 0.6) is 5.75 Å². The highest BCUT2D eigenvalue weighted by Crippen LogP contribution is 2.23. The molecular formula is C16H22N2O3. The fourth-order valence-corrected chi connectivity index (χ4v) is 2.76. The number of carbonyl (C=O) groups is 2. The van der Waals surface area contributed by atoms with Crippen molar-refractivity contribution in [1.82, 2.24) is 4.90 Å². The van der Waals surface area contributed by atoms with Crippen LogP contribution in [0.1, 0.15) is 43.0 Å². The summed E-state index contributed by atoms with van der Waals surface area (Å²) in [6.07, 6.45) is 3.06. The van der Waals surface area contributed by atoms with E-state index in [2.05, 4.69) is 0 Å². The Labute approximate surface area is 125 Å². The summed E-state index contributed by atoms with van der Waals surface area (Å²) in [5.74, 6) is 0.275. The molecule has 0 radical (unpaired) electrons. The van der Waals surface area contributed by atoms with Gasteiger partial charge in [0, 0.05) is 24.6 Å². The monoisotopic (exact) mass is 290 g/mol. The van der Waals surface area contributed by atoms with Crippen molar-refractivity contribution in [2.24, 2.45) is 5.73 Å². The van der Waals surface area contributed by atoms with Crippen molar-refractivity contribution >= 4 is 11.8 Å². The lowest BCUT2D eigenvalue weighted by atomic mass is 9.98. The normalized spacial score (nSPS) is 18.3. The van der Waals surface area contributed by atoms with E-state index < -0.39 is 0 Å². The van der Waals surface area contributed by atoms with Gasteiger partial charge in [-0.1, -0.05) is 6.07 Å². The molecule has 1 aromatic carbocycles. The van der Waals surface area contributed by atoms with Crippen LogP contribution in [0.4, 0.5) is 0 Å². The van der Waals surface area contributed by atoms with Gasteiger partial charge in [0.15, 0.2) is 0 Å². The van der Waals surface area contributed by atoms with E-state index in [1.807, 2.05) is 19.1 Å². The maximum absolute atomic E-state index is 12.7. The summed E-state index contributed by atoms with van der Waals surface area (Å²) in [6.45, 7) is 3.14. The highest BCUT2D eigenvalue weighted by Gasteiger charge is 2.28. The fourth-order valence-electron chi connectivity index (χ4n) is 2.76. The molecule has 0 spiro atoms. The SMILES string of the molecule is CCOc1cccc(C(=O)N2CCCC[C@H]2CC(N)=O)c1. The maximum Gasteiger partial charge on any atom is 0.254 e. The van der Waals surface area contributed by atoms with Crippen molar-refractivity contribution in [1.29, 1.82) is 0 Å². The fraction of sp³-hybridized carbons (Fsp3) is 0.500. The van der Waals surface area contributed by atoms with Gasteiger partial charge in [0.05, 0.1) is 6.61 Å². The summed E-state index contributed by atoms with van der Waals surface area (Å²) in [7, 11) is 0. The number of amides is 2. The number of piperidine rings is 1. The molecule has 1 aliphatic heterocycles. The Morgan fingerprint density at radius 1 is 1.38 bits per heavy atom. The van der Waals surface area contributed by atoms with Crippen LogP contribution in [0.3, 0.4) is 0 Å². The van der Waals surface area contributed by atoms with Gasteiger partial charge in [-0.05, 0) is 44.4 Å². The van der Waals surface area contributed by atoms with E-state index in [0.717, 1.165) is 19.3 Å². The van der Waals surface area contributed by atoms with Crippen molar-refractivity contribution in [3.8, 4) is 5.75 Å². The highest BCUT2D eigenvalue weighted by molar-refractivity contribution is 5.95. The average molecular weight is 290 g/mol. The number of hydrogen-bond acceptors (Lipinski definition) is 3. The minimum absolute atomic E-state index is 0.0532. The molecule has 5 nitrogen and oxygen atoms in total. The van der Waals surface area contributed by atoms with Gasteiger partial charge in [0.2, 0.25) is 5.91 Å². The number of benzene rings is 1. The minimum Gasteiger partial charge on any atom is -0.494 e. The van der Waals surface area contributed by atoms with Gasteiger partial charge in [0.1, 0.15) is 5.75 Å². The number of nitrogens with two attached hydrogens (primary N) is 1. The topological polar surface area (TPSA) is 72.6 Å². The number of primary amides is 1. The zero-order valence-electron chi connectivity index (χ0n) is 12.4. The Morgan fingerprint density at radius 2 is 2.19 bits per heavy atom. The first kappa shape index (κ1) is 15.4. The Hall–Kier alpha value is -2.04. The molecule has 0 aliphatic carbocycles. The quantitative estimate of drug-likeness (QED) is 0.901. The van der Waals surface area contributed by atoms with Crippen molar-refractivity contribution in [3.05, 3.63) is 29.8 Å². The van der Waals surface area contributed by atoms with Crippen LogP contribution in [0.2, 0.25) is 0 Å². The van der Waals surface area contributed by atoms with Crippen LogP contribution in [0, 0.1) is 0 Å². The Morgan fingerprint density at radius 3 is 2.90 bits per heavy atom. The van der Waals surface area contributed by atoms with Crippen LogP contribution < -0.4 is 10.5 Å². The zero-order chi connectivity index (χ0) is 15.2. The Kier molecular flexibility index (Phi) is 5.20. The van der Waals surface area contributed by atoms with Crippen LogP contribution in [0.25, 0.3) is 0 Å². The molecule has 1 aromatic rings. The molecular weight excluding hydrogens is 268 g/mol. The van der Waals surface area contributed by atoms with E-state index in [1.54, 1.807) is 17.0 Å². The first-order valence-corrected chi connectivity index (χ1v) is 7.44. The average Bonchev–Trinajstić information content (AvgIpc) is 2.47. The predicted molar refractivity (Wildman–Crippen MR) is 80.1 cm³/mol. The molecule has 114 valence electrons. The smallest absolute Gasteiger partial charge is 0.254 e. The number of rotatable bonds is 5. The molecule has 1 aliphatic rings. The van der Waals surface area contributed by atoms with Crippen molar-refractivity contribution in [2.75, 3.05) is 13.2 Å². The molecule has 1 fully saturated rings. The van der Waals surface area contributed by atoms with Crippen molar-refractivity contribution < 1.29 is 14.3 Å². The highest BCUT2D eigenvalue weighted by atomic mass is 16.5. The molecule has 2 N–H and O–H groups in total. The van der Waals surface area contributed by atoms with Gasteiger partial charge in [-0.3, -0.25) is 9.59 Å². The summed E-state index contributed by atoms with van der Waals surface area (Å²) < 4.78 is 5.43. The summed E-state index contributed by atoms with van der Waals surface area (Å²) in [6, 6.07) is 7.09. The molecule has 0 aromatic heterocycles. The Balaban J connectivity index is 2.16. The van der Waals surface area contributed by atoms with Crippen molar-refractivity contribution in [2.45, 2.75) is 38.6 Å². The Bertz CT molecular complexity index is 516. The van der Waals surface area contributed by atoms with E-state index in [1.165, 1.54) is 0 Å². The molecule has 2 rings (SSSR count). The predicted octanol–water partition coefficient (Wildman–Crippen LogP) is 1.96. The number of nitrogens with zero attached hydrogens (tertiary/aromatic N) is 1. The van der Waals surface area contributed by atoms with Gasteiger partial charge in [-0.15, -0.1) is 0 Å². The number of ether oxygens (including phenoxy) is 1. The molecule has 5 heteroatoms. The lowest BCUT2D eigenvalue weighted by Crippen LogP contribution is -2.45. The molecule has 21 heavy (non-hydrogen) atoms. The molecule has 1 heterocycles. The van der Waals surface area contributed by atoms with E-state index in [-0.39, 0.29) is 24.3 Å². The summed E-state index contributed by atoms with van der Waals surface area (Å²) in [4.78, 5) is 25.6. The number of likely N-dealkylation sites (tertiary alicyclic amines) is 1. The molecule has 0 bridgehead atoms. The molecule has 2 amide bonds. The zero-order valence-corrected chi connectivity index (χ0v) is 12.4. The van der Waals surface area contributed by atoms with E-state index in [4.69, 9.17) is 10.5 Å². The first-order chi connectivity index (χ1) is 10.1. The first-order valence-electron chi connectivity index (χ1n) is 7.44. The van der Waals surface area contributed by atoms with Gasteiger partial charge in [0.25, 0.3) is 5.91 Å². The van der Waals surface area contributed by atoms with Crippen LogP contribution in [-0.2, 0) is 4.79 Å². The lowest BCUT2D eigenvalue weighted by molar-refractivity contribution is -0.119. The summed E-state index contributed by atoms with van der Waals surface area (Å²) in [5, 5.41) is 0. The molecule has 0 saturated carbocycles. The van der Waals surface area contributed by atoms with E-state index in [0.29, 0.717) is 24.5 Å². The second-order valence-corrected chi connectivity index (χ2v) is 5.28. The third kappa shape index (κ3) is 3.97. The van der Waals surface area contributed by atoms with Crippen LogP contribution in [-0.4, -0.2) is 35.9 Å². The van der Waals surface area contributed by atoms with Gasteiger partial charge in [-0.2, -0.15) is 0 Å². The number of carbonyl (C=O) groups excluding carboxylic acids is 2. The maximum atomic E-state index is 12.7. The van der Waals surface area contributed by atoms with Gasteiger partial charge < -0.3 is 15.4 Å². The molecule has 1 atom stereocenters. The summed E-state index contributed by atoms with van der Waals surface area (Å²) in [5.41, 5.74) is 5.89. The summed E-state index contributed by atoms with van der Waals surface area (Å²) >= 11 is 0. The van der Waals surface area contributed by atoms with Gasteiger partial charge in [-0.25, -0.2) is 0 Å². The van der Waals surface area contributed by atoms with E-state index in [9.17, 15) is 9.59 Å². The van der Waals surface area contributed by atoms with Crippen LogP contribution in [0.15, 0.2) is 24.3 Å². The third-order valence-electron chi connectivity index (χ3n) is 3.72. The second-order valence-electron chi connectivity index (χ2n) is 5.28. The lowest BCUT2D eigenvalue weighted by Gasteiger charge is -2.35. The molecule has 0 unspecified atom stereocenters. The van der Waals surface area contributed by atoms with Crippen molar-refractivity contribution in [3.63, 3.8) is 0 Å². The van der Waals surface area contributed by atoms with Gasteiger partial charge >= 0.3 is 0 Å².